The quantitative estimate of drug-likeness (QED) is 0.0680. The molecule has 16 nitrogen and oxygen atoms in total. The standard InChI is InChI=1S/C44H64N8O8/c1-24(2)18-34(49-40(55)32(45)21-29-14-10-9-11-15-29)42(57)50-35(19-25(3)4)43(58)51-36(22-30-23-46-33-17-13-12-16-31(30)33)41(56)48-27(7)38(53)47-28(8)39(54)52-37(44(59)60)20-26(5)6/h9-17,23-28,32,34-37,46H,18-22,45H2,1-8H3,(H,47,53)(H,48,56)(H,49,55)(H,50,57)(H,51,58)(H,52,54)(H,59,60)/t27-,28-,32-,34-,35-,36-,37-/m0/s1. The highest BCUT2D eigenvalue weighted by Crippen LogP contribution is 2.20. The van der Waals surface area contributed by atoms with E-state index in [1.807, 2.05) is 96.1 Å². The van der Waals surface area contributed by atoms with Crippen LogP contribution in [0.5, 0.6) is 0 Å². The molecule has 60 heavy (non-hydrogen) atoms. The van der Waals surface area contributed by atoms with E-state index in [2.05, 4.69) is 36.9 Å². The minimum atomic E-state index is -1.23. The maximum atomic E-state index is 14.2. The molecular weight excluding hydrogens is 769 g/mol. The lowest BCUT2D eigenvalue weighted by molar-refractivity contribution is -0.142. The Hall–Kier alpha value is -5.77. The van der Waals surface area contributed by atoms with Gasteiger partial charge < -0.3 is 47.7 Å². The van der Waals surface area contributed by atoms with Crippen LogP contribution in [0.1, 0.15) is 85.8 Å². The summed E-state index contributed by atoms with van der Waals surface area (Å²) in [5.74, 6) is -5.15. The van der Waals surface area contributed by atoms with Crippen molar-refractivity contribution in [3.05, 3.63) is 71.9 Å². The van der Waals surface area contributed by atoms with Crippen molar-refractivity contribution >= 4 is 52.3 Å². The summed E-state index contributed by atoms with van der Waals surface area (Å²) in [6.45, 7) is 14.0. The average Bonchev–Trinajstić information content (AvgIpc) is 3.58. The molecule has 1 aromatic heterocycles. The maximum Gasteiger partial charge on any atom is 0.326 e. The summed E-state index contributed by atoms with van der Waals surface area (Å²) in [5, 5.41) is 26.3. The first-order chi connectivity index (χ1) is 28.2. The first kappa shape index (κ1) is 48.6. The third-order valence-electron chi connectivity index (χ3n) is 9.87. The van der Waals surface area contributed by atoms with Crippen molar-refractivity contribution in [2.45, 2.75) is 130 Å². The lowest BCUT2D eigenvalue weighted by Gasteiger charge is -2.28. The Balaban J connectivity index is 1.80. The number of carboxylic acid groups (broad SMARTS) is 1. The third-order valence-corrected chi connectivity index (χ3v) is 9.87. The van der Waals surface area contributed by atoms with Gasteiger partial charge in [-0.1, -0.05) is 90.1 Å². The number of nitrogens with one attached hydrogen (secondary N) is 7. The highest BCUT2D eigenvalue weighted by Gasteiger charge is 2.33. The molecule has 3 rings (SSSR count). The van der Waals surface area contributed by atoms with Crippen LogP contribution in [-0.2, 0) is 46.4 Å². The number of benzene rings is 2. The van der Waals surface area contributed by atoms with Crippen LogP contribution in [-0.4, -0.2) is 93.8 Å². The Morgan fingerprint density at radius 2 is 0.967 bits per heavy atom. The summed E-state index contributed by atoms with van der Waals surface area (Å²) in [7, 11) is 0. The fraction of sp³-hybridized carbons (Fsp3) is 0.523. The van der Waals surface area contributed by atoms with Crippen LogP contribution in [0, 0.1) is 17.8 Å². The smallest absolute Gasteiger partial charge is 0.326 e. The summed E-state index contributed by atoms with van der Waals surface area (Å²) in [4.78, 5) is 96.1. The van der Waals surface area contributed by atoms with Gasteiger partial charge in [0.05, 0.1) is 6.04 Å². The molecule has 0 spiro atoms. The monoisotopic (exact) mass is 832 g/mol. The van der Waals surface area contributed by atoms with Gasteiger partial charge in [0.25, 0.3) is 0 Å². The number of rotatable bonds is 23. The molecule has 16 heteroatoms. The van der Waals surface area contributed by atoms with Crippen molar-refractivity contribution in [2.75, 3.05) is 0 Å². The van der Waals surface area contributed by atoms with Crippen molar-refractivity contribution < 1.29 is 38.7 Å². The fourth-order valence-corrected chi connectivity index (χ4v) is 6.69. The molecule has 1 heterocycles. The normalized spacial score (nSPS) is 14.9. The predicted molar refractivity (Wildman–Crippen MR) is 229 cm³/mol. The summed E-state index contributed by atoms with van der Waals surface area (Å²) < 4.78 is 0. The first-order valence-electron chi connectivity index (χ1n) is 20.6. The number of carbonyl (C=O) groups is 7. The molecule has 6 amide bonds. The van der Waals surface area contributed by atoms with Crippen LogP contribution < -0.4 is 37.6 Å². The highest BCUT2D eigenvalue weighted by molar-refractivity contribution is 5.97. The van der Waals surface area contributed by atoms with Crippen molar-refractivity contribution in [1.29, 1.82) is 0 Å². The van der Waals surface area contributed by atoms with E-state index in [4.69, 9.17) is 5.73 Å². The van der Waals surface area contributed by atoms with Gasteiger partial charge in [0.1, 0.15) is 36.3 Å². The molecule has 0 fully saturated rings. The van der Waals surface area contributed by atoms with Gasteiger partial charge in [-0.05, 0) is 74.5 Å². The molecule has 10 N–H and O–H groups in total. The first-order valence-corrected chi connectivity index (χ1v) is 20.6. The molecule has 3 aromatic rings. The second kappa shape index (κ2) is 23.1. The number of hydrogen-bond donors (Lipinski definition) is 9. The maximum absolute atomic E-state index is 14.2. The molecular formula is C44H64N8O8. The van der Waals surface area contributed by atoms with Crippen LogP contribution in [0.25, 0.3) is 10.9 Å². The zero-order valence-electron chi connectivity index (χ0n) is 36.0. The number of H-pyrrole nitrogens is 1. The largest absolute Gasteiger partial charge is 0.480 e. The van der Waals surface area contributed by atoms with Crippen LogP contribution in [0.3, 0.4) is 0 Å². The molecule has 0 saturated heterocycles. The van der Waals surface area contributed by atoms with Crippen molar-refractivity contribution in [1.82, 2.24) is 36.9 Å². The number of para-hydroxylation sites is 1. The Morgan fingerprint density at radius 1 is 0.533 bits per heavy atom. The molecule has 0 aliphatic rings. The number of aliphatic carboxylic acids is 1. The number of hydrogen-bond acceptors (Lipinski definition) is 8. The zero-order valence-corrected chi connectivity index (χ0v) is 36.0. The number of carbonyl (C=O) groups excluding carboxylic acids is 6. The summed E-state index contributed by atoms with van der Waals surface area (Å²) >= 11 is 0. The van der Waals surface area contributed by atoms with Gasteiger partial charge in [-0.25, -0.2) is 4.79 Å². The van der Waals surface area contributed by atoms with Crippen molar-refractivity contribution in [2.24, 2.45) is 23.5 Å². The predicted octanol–water partition coefficient (Wildman–Crippen LogP) is 2.45. The summed E-state index contributed by atoms with van der Waals surface area (Å²) in [6, 6.07) is 9.00. The highest BCUT2D eigenvalue weighted by atomic mass is 16.4. The molecule has 2 aromatic carbocycles. The zero-order chi connectivity index (χ0) is 44.7. The molecule has 0 unspecified atom stereocenters. The number of aromatic nitrogens is 1. The molecule has 0 bridgehead atoms. The Bertz CT molecular complexity index is 1930. The van der Waals surface area contributed by atoms with E-state index in [1.54, 1.807) is 6.20 Å². The average molecular weight is 833 g/mol. The van der Waals surface area contributed by atoms with Crippen molar-refractivity contribution in [3.63, 3.8) is 0 Å². The molecule has 0 radical (unpaired) electrons. The van der Waals surface area contributed by atoms with Crippen LogP contribution in [0.2, 0.25) is 0 Å². The van der Waals surface area contributed by atoms with Gasteiger partial charge in [-0.2, -0.15) is 0 Å². The van der Waals surface area contributed by atoms with E-state index in [9.17, 15) is 38.7 Å². The van der Waals surface area contributed by atoms with Gasteiger partial charge in [0, 0.05) is 23.5 Å². The van der Waals surface area contributed by atoms with E-state index in [1.165, 1.54) is 13.8 Å². The lowest BCUT2D eigenvalue weighted by atomic mass is 9.98. The van der Waals surface area contributed by atoms with E-state index in [0.717, 1.165) is 16.5 Å². The van der Waals surface area contributed by atoms with E-state index >= 15 is 0 Å². The Kier molecular flexibility index (Phi) is 18.7. The molecule has 328 valence electrons. The topological polar surface area (TPSA) is 254 Å². The van der Waals surface area contributed by atoms with E-state index in [-0.39, 0.29) is 49.9 Å². The number of fused-ring (bicyclic) bond motifs is 1. The molecule has 0 saturated carbocycles. The number of aromatic amines is 1. The van der Waals surface area contributed by atoms with Gasteiger partial charge >= 0.3 is 5.97 Å². The minimum absolute atomic E-state index is 0.00360. The number of nitrogens with two attached hydrogens (primary N) is 1. The Morgan fingerprint density at radius 3 is 1.52 bits per heavy atom. The van der Waals surface area contributed by atoms with Gasteiger partial charge in [-0.3, -0.25) is 28.8 Å². The van der Waals surface area contributed by atoms with Gasteiger partial charge in [-0.15, -0.1) is 0 Å². The Labute approximate surface area is 352 Å². The van der Waals surface area contributed by atoms with E-state index in [0.29, 0.717) is 5.56 Å². The second-order valence-corrected chi connectivity index (χ2v) is 16.8. The fourth-order valence-electron chi connectivity index (χ4n) is 6.69. The third kappa shape index (κ3) is 15.4. The molecule has 7 atom stereocenters. The number of amides is 6. The lowest BCUT2D eigenvalue weighted by Crippen LogP contribution is -2.60. The molecule has 0 aliphatic heterocycles. The number of carboxylic acids is 1. The summed E-state index contributed by atoms with van der Waals surface area (Å²) in [6.07, 6.45) is 2.67. The van der Waals surface area contributed by atoms with Crippen LogP contribution >= 0.6 is 0 Å². The van der Waals surface area contributed by atoms with E-state index < -0.39 is 83.7 Å². The van der Waals surface area contributed by atoms with Gasteiger partial charge in [0.15, 0.2) is 0 Å². The minimum Gasteiger partial charge on any atom is -0.480 e. The SMILES string of the molecule is CC(C)C[C@H](NC(=O)[C@H](C)NC(=O)[C@H](C)NC(=O)[C@H](Cc1c[nH]c2ccccc12)NC(=O)[C@H](CC(C)C)NC(=O)[C@H](CC(C)C)NC(=O)[C@@H](N)Cc1ccccc1)C(=O)O. The van der Waals surface area contributed by atoms with Crippen molar-refractivity contribution in [3.8, 4) is 0 Å². The van der Waals surface area contributed by atoms with Crippen LogP contribution in [0.4, 0.5) is 0 Å². The van der Waals surface area contributed by atoms with Gasteiger partial charge in [0.2, 0.25) is 35.4 Å². The molecule has 0 aliphatic carbocycles. The summed E-state index contributed by atoms with van der Waals surface area (Å²) in [5.41, 5.74) is 8.62. The van der Waals surface area contributed by atoms with Crippen LogP contribution in [0.15, 0.2) is 60.8 Å². The second-order valence-electron chi connectivity index (χ2n) is 16.8.